The van der Waals surface area contributed by atoms with Gasteiger partial charge in [-0.15, -0.1) is 24.0 Å². The molecule has 1 aromatic heterocycles. The van der Waals surface area contributed by atoms with Gasteiger partial charge in [0.05, 0.1) is 5.69 Å². The third kappa shape index (κ3) is 6.44. The van der Waals surface area contributed by atoms with Crippen molar-refractivity contribution in [2.45, 2.75) is 32.4 Å². The van der Waals surface area contributed by atoms with E-state index in [9.17, 15) is 4.79 Å². The van der Waals surface area contributed by atoms with Crippen LogP contribution in [0.3, 0.4) is 0 Å². The Balaban J connectivity index is 0.00000289. The van der Waals surface area contributed by atoms with Crippen LogP contribution in [0.2, 0.25) is 0 Å². The van der Waals surface area contributed by atoms with Crippen LogP contribution in [-0.2, 0) is 24.3 Å². The van der Waals surface area contributed by atoms with E-state index >= 15 is 0 Å². The molecule has 0 saturated carbocycles. The first-order valence-electron chi connectivity index (χ1n) is 11.1. The standard InChI is InChI=1S/C23H32N6O2.HI/c1-24-23(28-14-12-27(13-15-28)18-21-9-16-31-26-21)25-10-4-7-22(30)29-11-8-19-5-2-3-6-20(19)17-29;/h2-3,5-6,9,16H,4,7-8,10-15,17-18H2,1H3,(H,24,25);1H. The van der Waals surface area contributed by atoms with Crippen molar-refractivity contribution in [1.29, 1.82) is 0 Å². The van der Waals surface area contributed by atoms with Gasteiger partial charge in [-0.05, 0) is 24.0 Å². The number of fused-ring (bicyclic) bond motifs is 1. The molecule has 0 bridgehead atoms. The number of hydrogen-bond donors (Lipinski definition) is 1. The Hall–Kier alpha value is -2.14. The van der Waals surface area contributed by atoms with Crippen molar-refractivity contribution < 1.29 is 9.32 Å². The molecule has 4 rings (SSSR count). The van der Waals surface area contributed by atoms with Crippen LogP contribution in [0.25, 0.3) is 0 Å². The van der Waals surface area contributed by atoms with Gasteiger partial charge in [0.25, 0.3) is 0 Å². The quantitative estimate of drug-likeness (QED) is 0.257. The monoisotopic (exact) mass is 552 g/mol. The molecule has 2 aromatic rings. The third-order valence-corrected chi connectivity index (χ3v) is 6.09. The van der Waals surface area contributed by atoms with E-state index in [2.05, 4.69) is 49.5 Å². The second-order valence-electron chi connectivity index (χ2n) is 8.17. The smallest absolute Gasteiger partial charge is 0.222 e. The Labute approximate surface area is 207 Å². The largest absolute Gasteiger partial charge is 0.364 e. The fourth-order valence-corrected chi connectivity index (χ4v) is 4.30. The van der Waals surface area contributed by atoms with Gasteiger partial charge in [-0.25, -0.2) is 0 Å². The number of hydrogen-bond acceptors (Lipinski definition) is 5. The predicted octanol–water partition coefficient (Wildman–Crippen LogP) is 2.35. The van der Waals surface area contributed by atoms with Crippen LogP contribution in [0.1, 0.15) is 29.7 Å². The van der Waals surface area contributed by atoms with Crippen LogP contribution >= 0.6 is 24.0 Å². The minimum absolute atomic E-state index is 0. The van der Waals surface area contributed by atoms with Crippen molar-refractivity contribution in [2.75, 3.05) is 46.3 Å². The fourth-order valence-electron chi connectivity index (χ4n) is 4.30. The lowest BCUT2D eigenvalue weighted by Gasteiger charge is -2.36. The summed E-state index contributed by atoms with van der Waals surface area (Å²) in [6.07, 6.45) is 3.95. The topological polar surface area (TPSA) is 77.2 Å². The highest BCUT2D eigenvalue weighted by molar-refractivity contribution is 14.0. The Bertz CT molecular complexity index is 880. The first kappa shape index (κ1) is 24.5. The zero-order valence-electron chi connectivity index (χ0n) is 18.7. The number of aromatic nitrogens is 1. The van der Waals surface area contributed by atoms with Crippen LogP contribution in [0.15, 0.2) is 46.1 Å². The van der Waals surface area contributed by atoms with E-state index in [1.54, 1.807) is 6.26 Å². The number of nitrogens with one attached hydrogen (secondary N) is 1. The van der Waals surface area contributed by atoms with Gasteiger partial charge in [0.15, 0.2) is 5.96 Å². The number of benzene rings is 1. The van der Waals surface area contributed by atoms with E-state index in [1.165, 1.54) is 11.1 Å². The lowest BCUT2D eigenvalue weighted by molar-refractivity contribution is -0.132. The number of nitrogens with zero attached hydrogens (tertiary/aromatic N) is 5. The van der Waals surface area contributed by atoms with E-state index in [0.717, 1.165) is 76.9 Å². The van der Waals surface area contributed by atoms with Gasteiger partial charge < -0.3 is 19.6 Å². The fraction of sp³-hybridized carbons (Fsp3) is 0.522. The van der Waals surface area contributed by atoms with Crippen molar-refractivity contribution >= 4 is 35.8 Å². The molecule has 0 unspecified atom stereocenters. The van der Waals surface area contributed by atoms with Crippen molar-refractivity contribution in [3.63, 3.8) is 0 Å². The molecule has 8 nitrogen and oxygen atoms in total. The van der Waals surface area contributed by atoms with E-state index in [1.807, 2.05) is 18.0 Å². The number of amides is 1. The van der Waals surface area contributed by atoms with Crippen molar-refractivity contribution in [3.8, 4) is 0 Å². The van der Waals surface area contributed by atoms with Gasteiger partial charge in [0, 0.05) is 71.9 Å². The van der Waals surface area contributed by atoms with Crippen LogP contribution in [0.5, 0.6) is 0 Å². The zero-order chi connectivity index (χ0) is 21.5. The summed E-state index contributed by atoms with van der Waals surface area (Å²) in [5.41, 5.74) is 3.62. The first-order chi connectivity index (χ1) is 15.2. The average Bonchev–Trinajstić information content (AvgIpc) is 3.32. The van der Waals surface area contributed by atoms with Crippen molar-refractivity contribution in [2.24, 2.45) is 4.99 Å². The summed E-state index contributed by atoms with van der Waals surface area (Å²) >= 11 is 0. The summed E-state index contributed by atoms with van der Waals surface area (Å²) < 4.78 is 4.92. The molecule has 174 valence electrons. The second-order valence-corrected chi connectivity index (χ2v) is 8.17. The normalized spacial score (nSPS) is 17.0. The molecule has 0 aliphatic carbocycles. The predicted molar refractivity (Wildman–Crippen MR) is 135 cm³/mol. The van der Waals surface area contributed by atoms with Crippen LogP contribution in [0.4, 0.5) is 0 Å². The summed E-state index contributed by atoms with van der Waals surface area (Å²) in [6, 6.07) is 10.3. The number of carbonyl (C=O) groups is 1. The molecular weight excluding hydrogens is 519 g/mol. The molecule has 1 amide bonds. The molecule has 32 heavy (non-hydrogen) atoms. The van der Waals surface area contributed by atoms with Crippen molar-refractivity contribution in [3.05, 3.63) is 53.4 Å². The highest BCUT2D eigenvalue weighted by Crippen LogP contribution is 2.19. The number of carbonyl (C=O) groups excluding carboxylic acids is 1. The van der Waals surface area contributed by atoms with E-state index < -0.39 is 0 Å². The first-order valence-corrected chi connectivity index (χ1v) is 11.1. The summed E-state index contributed by atoms with van der Waals surface area (Å²) in [6.45, 7) is 6.89. The van der Waals surface area contributed by atoms with E-state index in [0.29, 0.717) is 6.42 Å². The maximum absolute atomic E-state index is 12.6. The van der Waals surface area contributed by atoms with Gasteiger partial charge >= 0.3 is 0 Å². The minimum atomic E-state index is 0. The average molecular weight is 552 g/mol. The summed E-state index contributed by atoms with van der Waals surface area (Å²) in [5, 5.41) is 7.43. The number of piperazine rings is 1. The SMILES string of the molecule is CN=C(NCCCC(=O)N1CCc2ccccc2C1)N1CCN(Cc2ccon2)CC1.I. The van der Waals surface area contributed by atoms with Crippen LogP contribution in [-0.4, -0.2) is 78.0 Å². The molecule has 0 spiro atoms. The molecule has 0 radical (unpaired) electrons. The van der Waals surface area contributed by atoms with Gasteiger partial charge in [-0.1, -0.05) is 29.4 Å². The highest BCUT2D eigenvalue weighted by Gasteiger charge is 2.21. The third-order valence-electron chi connectivity index (χ3n) is 6.09. The maximum atomic E-state index is 12.6. The molecule has 2 aliphatic rings. The lowest BCUT2D eigenvalue weighted by Crippen LogP contribution is -2.52. The van der Waals surface area contributed by atoms with Gasteiger partial charge in [-0.3, -0.25) is 14.7 Å². The second kappa shape index (κ2) is 12.2. The lowest BCUT2D eigenvalue weighted by atomic mass is 9.99. The zero-order valence-corrected chi connectivity index (χ0v) is 21.0. The highest BCUT2D eigenvalue weighted by atomic mass is 127. The number of halogens is 1. The number of guanidine groups is 1. The van der Waals surface area contributed by atoms with Crippen LogP contribution in [0, 0.1) is 0 Å². The molecule has 1 fully saturated rings. The van der Waals surface area contributed by atoms with Gasteiger partial charge in [-0.2, -0.15) is 0 Å². The van der Waals surface area contributed by atoms with E-state index in [4.69, 9.17) is 4.52 Å². The molecule has 2 aliphatic heterocycles. The maximum Gasteiger partial charge on any atom is 0.222 e. The van der Waals surface area contributed by atoms with Crippen LogP contribution < -0.4 is 5.32 Å². The molecule has 1 saturated heterocycles. The van der Waals surface area contributed by atoms with Gasteiger partial charge in [0.1, 0.15) is 6.26 Å². The summed E-state index contributed by atoms with van der Waals surface area (Å²) in [4.78, 5) is 23.7. The molecule has 1 N–H and O–H groups in total. The van der Waals surface area contributed by atoms with Crippen molar-refractivity contribution in [1.82, 2.24) is 25.2 Å². The Morgan fingerprint density at radius 1 is 1.09 bits per heavy atom. The van der Waals surface area contributed by atoms with Gasteiger partial charge in [0.2, 0.25) is 5.91 Å². The Morgan fingerprint density at radius 3 is 2.59 bits per heavy atom. The number of aliphatic imine (C=N–C) groups is 1. The minimum Gasteiger partial charge on any atom is -0.364 e. The molecule has 1 aromatic carbocycles. The molecule has 3 heterocycles. The molecule has 9 heteroatoms. The van der Waals surface area contributed by atoms with E-state index in [-0.39, 0.29) is 29.9 Å². The summed E-state index contributed by atoms with van der Waals surface area (Å²) in [7, 11) is 1.82. The summed E-state index contributed by atoms with van der Waals surface area (Å²) in [5.74, 6) is 1.16. The molecule has 0 atom stereocenters. The molecular formula is C23H33IN6O2. The number of rotatable bonds is 6. The Morgan fingerprint density at radius 2 is 1.88 bits per heavy atom. The Kier molecular flexibility index (Phi) is 9.34.